The summed E-state index contributed by atoms with van der Waals surface area (Å²) in [5.74, 6) is 0. The fraction of sp³-hybridized carbons (Fsp3) is 0.571. The van der Waals surface area contributed by atoms with Crippen LogP contribution in [-0.4, -0.2) is 31.5 Å². The molecule has 0 radical (unpaired) electrons. The molecule has 3 nitrogen and oxygen atoms in total. The van der Waals surface area contributed by atoms with E-state index in [0.29, 0.717) is 22.7 Å². The van der Waals surface area contributed by atoms with Crippen molar-refractivity contribution in [3.63, 3.8) is 0 Å². The summed E-state index contributed by atoms with van der Waals surface area (Å²) >= 11 is 12.4. The summed E-state index contributed by atoms with van der Waals surface area (Å²) in [4.78, 5) is 0. The molecule has 2 aliphatic heterocycles. The van der Waals surface area contributed by atoms with Crippen LogP contribution in [0.5, 0.6) is 0 Å². The second kappa shape index (κ2) is 5.49. The highest BCUT2D eigenvalue weighted by molar-refractivity contribution is 6.39. The number of nitrogens with one attached hydrogen (secondary N) is 1. The Hall–Kier alpha value is -0.480. The molecule has 2 atom stereocenters. The number of para-hydroxylation sites is 1. The molecule has 104 valence electrons. The lowest BCUT2D eigenvalue weighted by atomic mass is 9.89. The molecule has 1 N–H and O–H groups in total. The van der Waals surface area contributed by atoms with E-state index in [0.717, 1.165) is 38.2 Å². The van der Waals surface area contributed by atoms with E-state index in [1.54, 1.807) is 0 Å². The third-order valence-electron chi connectivity index (χ3n) is 3.87. The van der Waals surface area contributed by atoms with Crippen molar-refractivity contribution in [3.05, 3.63) is 28.2 Å². The van der Waals surface area contributed by atoms with E-state index in [1.807, 2.05) is 18.2 Å². The summed E-state index contributed by atoms with van der Waals surface area (Å²) in [6.45, 7) is 2.24. The number of benzene rings is 1. The number of hydrogen-bond donors (Lipinski definition) is 1. The molecule has 3 rings (SSSR count). The van der Waals surface area contributed by atoms with Crippen LogP contribution < -0.4 is 5.32 Å². The Morgan fingerprint density at radius 2 is 2.00 bits per heavy atom. The molecule has 0 bridgehead atoms. The third-order valence-corrected chi connectivity index (χ3v) is 4.50. The highest BCUT2D eigenvalue weighted by atomic mass is 35.5. The minimum atomic E-state index is -0.107. The zero-order chi connectivity index (χ0) is 13.3. The number of hydrogen-bond acceptors (Lipinski definition) is 3. The first kappa shape index (κ1) is 13.5. The van der Waals surface area contributed by atoms with Gasteiger partial charge in [-0.15, -0.1) is 0 Å². The van der Waals surface area contributed by atoms with Gasteiger partial charge in [0.25, 0.3) is 0 Å². The van der Waals surface area contributed by atoms with Gasteiger partial charge in [-0.1, -0.05) is 29.3 Å². The van der Waals surface area contributed by atoms with Gasteiger partial charge in [0.15, 0.2) is 0 Å². The van der Waals surface area contributed by atoms with E-state index in [2.05, 4.69) is 5.32 Å². The van der Waals surface area contributed by atoms with Gasteiger partial charge in [0.2, 0.25) is 0 Å². The molecule has 5 heteroatoms. The van der Waals surface area contributed by atoms with Gasteiger partial charge in [0.1, 0.15) is 0 Å². The van der Waals surface area contributed by atoms with Crippen LogP contribution in [0.1, 0.15) is 19.3 Å². The lowest BCUT2D eigenvalue weighted by Crippen LogP contribution is -2.45. The van der Waals surface area contributed by atoms with E-state index < -0.39 is 0 Å². The maximum absolute atomic E-state index is 6.20. The largest absolute Gasteiger partial charge is 0.380 e. The molecule has 0 aromatic heterocycles. The summed E-state index contributed by atoms with van der Waals surface area (Å²) in [5.41, 5.74) is 0.718. The van der Waals surface area contributed by atoms with Crippen molar-refractivity contribution >= 4 is 28.9 Å². The van der Waals surface area contributed by atoms with Crippen LogP contribution in [0.4, 0.5) is 5.69 Å². The lowest BCUT2D eigenvalue weighted by molar-refractivity contribution is -0.0828. The molecule has 0 saturated carbocycles. The summed E-state index contributed by atoms with van der Waals surface area (Å²) < 4.78 is 11.4. The topological polar surface area (TPSA) is 30.5 Å². The van der Waals surface area contributed by atoms with Crippen molar-refractivity contribution in [2.24, 2.45) is 0 Å². The number of rotatable bonds is 2. The molecular formula is C14H17Cl2NO2. The number of ether oxygens (including phenoxy) is 2. The minimum Gasteiger partial charge on any atom is -0.380 e. The molecule has 0 aliphatic carbocycles. The van der Waals surface area contributed by atoms with Crippen LogP contribution in [0.2, 0.25) is 10.0 Å². The fourth-order valence-electron chi connectivity index (χ4n) is 2.85. The van der Waals surface area contributed by atoms with Gasteiger partial charge >= 0.3 is 0 Å². The molecule has 2 heterocycles. The molecule has 1 aromatic rings. The first-order valence-electron chi connectivity index (χ1n) is 6.61. The third kappa shape index (κ3) is 2.84. The normalized spacial score (nSPS) is 30.7. The van der Waals surface area contributed by atoms with Gasteiger partial charge < -0.3 is 14.8 Å². The van der Waals surface area contributed by atoms with Crippen molar-refractivity contribution in [1.29, 1.82) is 0 Å². The van der Waals surface area contributed by atoms with E-state index >= 15 is 0 Å². The number of halogens is 2. The second-order valence-electron chi connectivity index (χ2n) is 5.26. The second-order valence-corrected chi connectivity index (χ2v) is 6.08. The molecular weight excluding hydrogens is 285 g/mol. The average molecular weight is 302 g/mol. The Balaban J connectivity index is 1.73. The SMILES string of the molecule is Clc1cccc(Cl)c1NC1CCOC2(CCOC2)C1. The average Bonchev–Trinajstić information content (AvgIpc) is 2.82. The van der Waals surface area contributed by atoms with Crippen molar-refractivity contribution in [1.82, 2.24) is 0 Å². The maximum atomic E-state index is 6.20. The van der Waals surface area contributed by atoms with Crippen molar-refractivity contribution in [2.75, 3.05) is 25.1 Å². The molecule has 19 heavy (non-hydrogen) atoms. The first-order valence-corrected chi connectivity index (χ1v) is 7.36. The summed E-state index contributed by atoms with van der Waals surface area (Å²) in [5, 5.41) is 4.79. The first-order chi connectivity index (χ1) is 9.19. The van der Waals surface area contributed by atoms with Crippen LogP contribution in [0.15, 0.2) is 18.2 Å². The Morgan fingerprint density at radius 1 is 1.21 bits per heavy atom. The monoisotopic (exact) mass is 301 g/mol. The number of anilines is 1. The Labute approximate surface area is 123 Å². The van der Waals surface area contributed by atoms with E-state index in [9.17, 15) is 0 Å². The van der Waals surface area contributed by atoms with Crippen LogP contribution in [0.25, 0.3) is 0 Å². The molecule has 1 aromatic carbocycles. The van der Waals surface area contributed by atoms with Crippen LogP contribution in [0, 0.1) is 0 Å². The lowest BCUT2D eigenvalue weighted by Gasteiger charge is -2.38. The van der Waals surface area contributed by atoms with Gasteiger partial charge in [0, 0.05) is 25.7 Å². The Kier molecular flexibility index (Phi) is 3.90. The maximum Gasteiger partial charge on any atom is 0.0956 e. The fourth-order valence-corrected chi connectivity index (χ4v) is 3.36. The van der Waals surface area contributed by atoms with Gasteiger partial charge in [0.05, 0.1) is 27.9 Å². The van der Waals surface area contributed by atoms with Crippen molar-refractivity contribution < 1.29 is 9.47 Å². The highest BCUT2D eigenvalue weighted by Crippen LogP contribution is 2.36. The molecule has 0 amide bonds. The predicted molar refractivity (Wildman–Crippen MR) is 77.2 cm³/mol. The quantitative estimate of drug-likeness (QED) is 0.902. The van der Waals surface area contributed by atoms with Crippen LogP contribution in [0.3, 0.4) is 0 Å². The summed E-state index contributed by atoms with van der Waals surface area (Å²) in [6, 6.07) is 5.88. The van der Waals surface area contributed by atoms with E-state index in [-0.39, 0.29) is 5.60 Å². The Morgan fingerprint density at radius 3 is 2.68 bits per heavy atom. The smallest absolute Gasteiger partial charge is 0.0956 e. The van der Waals surface area contributed by atoms with Gasteiger partial charge in [-0.05, 0) is 25.0 Å². The predicted octanol–water partition coefficient (Wildman–Crippen LogP) is 3.74. The molecule has 2 saturated heterocycles. The summed E-state index contributed by atoms with van der Waals surface area (Å²) in [6.07, 6.45) is 2.87. The minimum absolute atomic E-state index is 0.107. The van der Waals surface area contributed by atoms with Crippen LogP contribution in [-0.2, 0) is 9.47 Å². The molecule has 2 unspecified atom stereocenters. The molecule has 1 spiro atoms. The zero-order valence-electron chi connectivity index (χ0n) is 10.6. The van der Waals surface area contributed by atoms with Crippen molar-refractivity contribution in [3.8, 4) is 0 Å². The molecule has 2 aliphatic rings. The van der Waals surface area contributed by atoms with Gasteiger partial charge in [-0.25, -0.2) is 0 Å². The Bertz CT molecular complexity index is 441. The van der Waals surface area contributed by atoms with Gasteiger partial charge in [-0.3, -0.25) is 0 Å². The van der Waals surface area contributed by atoms with E-state index in [1.165, 1.54) is 0 Å². The standard InChI is InChI=1S/C14H17Cl2NO2/c15-11-2-1-3-12(16)13(11)17-10-4-6-19-14(8-10)5-7-18-9-14/h1-3,10,17H,4-9H2. The van der Waals surface area contributed by atoms with E-state index in [4.69, 9.17) is 32.7 Å². The summed E-state index contributed by atoms with van der Waals surface area (Å²) in [7, 11) is 0. The van der Waals surface area contributed by atoms with Gasteiger partial charge in [-0.2, -0.15) is 0 Å². The zero-order valence-corrected chi connectivity index (χ0v) is 12.1. The van der Waals surface area contributed by atoms with Crippen molar-refractivity contribution in [2.45, 2.75) is 30.9 Å². The highest BCUT2D eigenvalue weighted by Gasteiger charge is 2.41. The molecule has 2 fully saturated rings. The van der Waals surface area contributed by atoms with Crippen LogP contribution >= 0.6 is 23.2 Å².